The molecule has 0 unspecified atom stereocenters. The van der Waals surface area contributed by atoms with Gasteiger partial charge in [-0.15, -0.1) is 0 Å². The zero-order valence-electron chi connectivity index (χ0n) is 11.8. The third-order valence-corrected chi connectivity index (χ3v) is 2.89. The van der Waals surface area contributed by atoms with Gasteiger partial charge in [-0.05, 0) is 24.3 Å². The summed E-state index contributed by atoms with van der Waals surface area (Å²) in [6, 6.07) is 1.21. The Labute approximate surface area is 134 Å². The number of amides is 2. The van der Waals surface area contributed by atoms with Crippen LogP contribution in [0.4, 0.5) is 46.9 Å². The van der Waals surface area contributed by atoms with Crippen LogP contribution in [0.5, 0.6) is 0 Å². The maximum absolute atomic E-state index is 13.6. The van der Waals surface area contributed by atoms with Crippen LogP contribution in [-0.2, 0) is 6.18 Å². The van der Waals surface area contributed by atoms with Crippen molar-refractivity contribution in [1.29, 1.82) is 0 Å². The number of aromatic nitrogens is 1. The number of nitrogens with one attached hydrogen (secondary N) is 1. The van der Waals surface area contributed by atoms with Gasteiger partial charge in [0, 0.05) is 0 Å². The average Bonchev–Trinajstić information content (AvgIpc) is 2.52. The fourth-order valence-corrected chi connectivity index (χ4v) is 1.74. The van der Waals surface area contributed by atoms with Crippen molar-refractivity contribution in [3.63, 3.8) is 0 Å². The molecule has 0 aliphatic carbocycles. The van der Waals surface area contributed by atoms with Gasteiger partial charge in [0.05, 0.1) is 11.3 Å². The first-order chi connectivity index (χ1) is 11.5. The molecular weight excluding hydrogens is 361 g/mol. The van der Waals surface area contributed by atoms with Crippen molar-refractivity contribution < 1.29 is 35.5 Å². The summed E-state index contributed by atoms with van der Waals surface area (Å²) in [5, 5.41) is 0.195. The minimum atomic E-state index is -4.67. The van der Waals surface area contributed by atoms with E-state index in [1.807, 2.05) is 0 Å². The van der Waals surface area contributed by atoms with Crippen LogP contribution in [0.2, 0.25) is 0 Å². The third-order valence-electron chi connectivity index (χ3n) is 2.89. The maximum atomic E-state index is 13.6. The predicted molar refractivity (Wildman–Crippen MR) is 71.2 cm³/mol. The number of hydrazine groups is 1. The number of hydrogen-bond acceptors (Lipinski definition) is 3. The van der Waals surface area contributed by atoms with Crippen molar-refractivity contribution in [1.82, 2.24) is 4.98 Å². The molecule has 1 aromatic heterocycles. The van der Waals surface area contributed by atoms with Crippen LogP contribution in [-0.4, -0.2) is 11.0 Å². The van der Waals surface area contributed by atoms with Gasteiger partial charge in [-0.2, -0.15) is 35.7 Å². The number of carbonyl (C=O) groups excluding carboxylic acids is 1. The van der Waals surface area contributed by atoms with E-state index in [9.17, 15) is 35.5 Å². The minimum Gasteiger partial charge on any atom is -0.350 e. The Morgan fingerprint density at radius 3 is 1.88 bits per heavy atom. The highest BCUT2D eigenvalue weighted by Gasteiger charge is 2.31. The molecule has 0 saturated heterocycles. The Bertz CT molecular complexity index is 781. The van der Waals surface area contributed by atoms with Gasteiger partial charge in [-0.3, -0.25) is 5.43 Å². The van der Waals surface area contributed by atoms with E-state index >= 15 is 0 Å². The first-order valence-corrected chi connectivity index (χ1v) is 6.26. The molecule has 1 aromatic carbocycles. The lowest BCUT2D eigenvalue weighted by Crippen LogP contribution is -2.41. The summed E-state index contributed by atoms with van der Waals surface area (Å²) >= 11 is 0. The number of nitrogens with zero attached hydrogens (tertiary/aromatic N) is 2. The van der Waals surface area contributed by atoms with Gasteiger partial charge in [0.1, 0.15) is 5.69 Å². The normalized spacial score (nSPS) is 11.3. The Kier molecular flexibility index (Phi) is 4.72. The largest absolute Gasteiger partial charge is 0.416 e. The van der Waals surface area contributed by atoms with E-state index in [1.165, 1.54) is 0 Å². The summed E-state index contributed by atoms with van der Waals surface area (Å²) < 4.78 is 90.8. The third kappa shape index (κ3) is 3.72. The Morgan fingerprint density at radius 1 is 1.00 bits per heavy atom. The van der Waals surface area contributed by atoms with Gasteiger partial charge in [-0.1, -0.05) is 0 Å². The zero-order valence-corrected chi connectivity index (χ0v) is 11.8. The number of pyridine rings is 1. The van der Waals surface area contributed by atoms with Crippen molar-refractivity contribution in [3.05, 3.63) is 53.4 Å². The molecule has 25 heavy (non-hydrogen) atoms. The lowest BCUT2D eigenvalue weighted by atomic mass is 10.2. The molecule has 0 aliphatic rings. The molecule has 12 heteroatoms. The number of urea groups is 1. The number of benzene rings is 1. The number of anilines is 2. The number of halogens is 7. The molecule has 2 aromatic rings. The van der Waals surface area contributed by atoms with Crippen LogP contribution in [0, 0.1) is 23.5 Å². The van der Waals surface area contributed by atoms with Crippen LogP contribution in [0.25, 0.3) is 0 Å². The minimum absolute atomic E-state index is 0.195. The van der Waals surface area contributed by atoms with E-state index in [0.717, 1.165) is 12.1 Å². The average molecular weight is 368 g/mol. The highest BCUT2D eigenvalue weighted by atomic mass is 19.4. The van der Waals surface area contributed by atoms with Crippen LogP contribution in [0.3, 0.4) is 0 Å². The van der Waals surface area contributed by atoms with E-state index in [1.54, 1.807) is 5.43 Å². The molecule has 0 fully saturated rings. The molecule has 3 N–H and O–H groups in total. The second kappa shape index (κ2) is 6.45. The highest BCUT2D eigenvalue weighted by molar-refractivity contribution is 5.92. The Morgan fingerprint density at radius 2 is 1.48 bits per heavy atom. The SMILES string of the molecule is NC(=O)N(Nc1c(F)c(F)nc(F)c1F)c1ccc(C(F)(F)F)cc1. The molecule has 2 amide bonds. The molecular formula is C13H7F7N4O. The second-order valence-electron chi connectivity index (χ2n) is 4.53. The topological polar surface area (TPSA) is 71.2 Å². The van der Waals surface area contributed by atoms with E-state index in [0.29, 0.717) is 12.1 Å². The monoisotopic (exact) mass is 368 g/mol. The lowest BCUT2D eigenvalue weighted by Gasteiger charge is -2.23. The second-order valence-corrected chi connectivity index (χ2v) is 4.53. The molecule has 0 saturated carbocycles. The zero-order chi connectivity index (χ0) is 18.9. The van der Waals surface area contributed by atoms with Crippen molar-refractivity contribution in [2.45, 2.75) is 6.18 Å². The fourth-order valence-electron chi connectivity index (χ4n) is 1.74. The molecule has 5 nitrogen and oxygen atoms in total. The first-order valence-electron chi connectivity index (χ1n) is 6.26. The maximum Gasteiger partial charge on any atom is 0.416 e. The lowest BCUT2D eigenvalue weighted by molar-refractivity contribution is -0.137. The van der Waals surface area contributed by atoms with Gasteiger partial charge in [0.25, 0.3) is 11.9 Å². The van der Waals surface area contributed by atoms with E-state index in [4.69, 9.17) is 5.73 Å². The molecule has 2 rings (SSSR count). The van der Waals surface area contributed by atoms with Gasteiger partial charge < -0.3 is 5.73 Å². The number of rotatable bonds is 3. The number of hydrogen-bond donors (Lipinski definition) is 2. The van der Waals surface area contributed by atoms with Gasteiger partial charge in [0.2, 0.25) is 11.6 Å². The molecule has 1 heterocycles. The molecule has 0 atom stereocenters. The van der Waals surface area contributed by atoms with Crippen LogP contribution in [0.1, 0.15) is 5.56 Å². The van der Waals surface area contributed by atoms with Crippen molar-refractivity contribution >= 4 is 17.4 Å². The number of alkyl halides is 3. The summed E-state index contributed by atoms with van der Waals surface area (Å²) in [6.07, 6.45) is -4.67. The number of nitrogens with two attached hydrogens (primary N) is 1. The fraction of sp³-hybridized carbons (Fsp3) is 0.0769. The Balaban J connectivity index is 2.43. The van der Waals surface area contributed by atoms with Gasteiger partial charge in [-0.25, -0.2) is 9.80 Å². The molecule has 0 aliphatic heterocycles. The van der Waals surface area contributed by atoms with E-state index < -0.39 is 47.0 Å². The highest BCUT2D eigenvalue weighted by Crippen LogP contribution is 2.31. The van der Waals surface area contributed by atoms with Crippen LogP contribution >= 0.6 is 0 Å². The van der Waals surface area contributed by atoms with Gasteiger partial charge >= 0.3 is 12.2 Å². The molecule has 0 radical (unpaired) electrons. The molecule has 0 bridgehead atoms. The predicted octanol–water partition coefficient (Wildman–Crippen LogP) is 3.57. The van der Waals surface area contributed by atoms with Gasteiger partial charge in [0.15, 0.2) is 0 Å². The standard InChI is InChI=1S/C13H7F7N4O/c14-7-9(8(15)11(17)22-10(7)16)23-24(12(21)25)6-3-1-5(2-4-6)13(18,19)20/h1-4H,(H2,21,25)(H,22,23). The van der Waals surface area contributed by atoms with E-state index in [2.05, 4.69) is 4.98 Å². The first kappa shape index (κ1) is 18.3. The van der Waals surface area contributed by atoms with E-state index in [-0.39, 0.29) is 10.7 Å². The smallest absolute Gasteiger partial charge is 0.350 e. The summed E-state index contributed by atoms with van der Waals surface area (Å²) in [5.74, 6) is -7.93. The van der Waals surface area contributed by atoms with Crippen molar-refractivity contribution in [2.75, 3.05) is 10.4 Å². The van der Waals surface area contributed by atoms with Crippen molar-refractivity contribution in [2.24, 2.45) is 5.73 Å². The Hall–Kier alpha value is -3.05. The quantitative estimate of drug-likeness (QED) is 0.494. The summed E-state index contributed by atoms with van der Waals surface area (Å²) in [5.41, 5.74) is 3.76. The molecule has 0 spiro atoms. The molecule has 134 valence electrons. The van der Waals surface area contributed by atoms with Crippen molar-refractivity contribution in [3.8, 4) is 0 Å². The summed E-state index contributed by atoms with van der Waals surface area (Å²) in [6.45, 7) is 0. The summed E-state index contributed by atoms with van der Waals surface area (Å²) in [4.78, 5) is 13.7. The number of primary amides is 1. The number of carbonyl (C=O) groups is 1. The summed E-state index contributed by atoms with van der Waals surface area (Å²) in [7, 11) is 0. The van der Waals surface area contributed by atoms with Crippen LogP contribution < -0.4 is 16.2 Å². The van der Waals surface area contributed by atoms with Crippen LogP contribution in [0.15, 0.2) is 24.3 Å².